The highest BCUT2D eigenvalue weighted by atomic mass is 16.4. The van der Waals surface area contributed by atoms with Gasteiger partial charge in [0.25, 0.3) is 6.01 Å². The third-order valence-corrected chi connectivity index (χ3v) is 2.42. The van der Waals surface area contributed by atoms with Gasteiger partial charge in [0.05, 0.1) is 17.9 Å². The van der Waals surface area contributed by atoms with Gasteiger partial charge in [-0.05, 0) is 19.1 Å². The molecule has 2 N–H and O–H groups in total. The second-order valence-corrected chi connectivity index (χ2v) is 3.95. The SMILES string of the molecule is Cc1cccc(CN(C)c2nc(CN)co2)n1. The van der Waals surface area contributed by atoms with Crippen LogP contribution < -0.4 is 10.6 Å². The molecule has 0 aliphatic heterocycles. The van der Waals surface area contributed by atoms with Crippen molar-refractivity contribution >= 4 is 6.01 Å². The first kappa shape index (κ1) is 11.6. The van der Waals surface area contributed by atoms with Crippen molar-refractivity contribution in [2.24, 2.45) is 5.73 Å². The zero-order valence-electron chi connectivity index (χ0n) is 10.1. The molecule has 90 valence electrons. The predicted octanol–water partition coefficient (Wildman–Crippen LogP) is 1.47. The average molecular weight is 232 g/mol. The van der Waals surface area contributed by atoms with Crippen molar-refractivity contribution in [3.05, 3.63) is 41.5 Å². The van der Waals surface area contributed by atoms with Crippen molar-refractivity contribution in [1.82, 2.24) is 9.97 Å². The van der Waals surface area contributed by atoms with E-state index in [4.69, 9.17) is 10.2 Å². The number of anilines is 1. The maximum Gasteiger partial charge on any atom is 0.297 e. The maximum atomic E-state index is 5.48. The molecular weight excluding hydrogens is 216 g/mol. The fraction of sp³-hybridized carbons (Fsp3) is 0.333. The van der Waals surface area contributed by atoms with Crippen LogP contribution in [0.25, 0.3) is 0 Å². The Morgan fingerprint density at radius 2 is 2.12 bits per heavy atom. The predicted molar refractivity (Wildman–Crippen MR) is 65.5 cm³/mol. The number of aromatic nitrogens is 2. The molecule has 0 saturated carbocycles. The molecule has 0 aliphatic rings. The maximum absolute atomic E-state index is 5.48. The van der Waals surface area contributed by atoms with Crippen molar-refractivity contribution in [3.63, 3.8) is 0 Å². The van der Waals surface area contributed by atoms with Crippen molar-refractivity contribution < 1.29 is 4.42 Å². The number of hydrogen-bond donors (Lipinski definition) is 1. The van der Waals surface area contributed by atoms with Crippen LogP contribution in [0.4, 0.5) is 6.01 Å². The second kappa shape index (κ2) is 4.97. The molecule has 0 aliphatic carbocycles. The molecule has 0 unspecified atom stereocenters. The molecule has 0 radical (unpaired) electrons. The third-order valence-electron chi connectivity index (χ3n) is 2.42. The molecule has 0 fully saturated rings. The van der Waals surface area contributed by atoms with Gasteiger partial charge >= 0.3 is 0 Å². The lowest BCUT2D eigenvalue weighted by Crippen LogP contribution is -2.17. The summed E-state index contributed by atoms with van der Waals surface area (Å²) in [5.74, 6) is 0. The lowest BCUT2D eigenvalue weighted by Gasteiger charge is -2.13. The summed E-state index contributed by atoms with van der Waals surface area (Å²) in [7, 11) is 1.91. The van der Waals surface area contributed by atoms with Gasteiger partial charge < -0.3 is 15.1 Å². The third kappa shape index (κ3) is 2.82. The summed E-state index contributed by atoms with van der Waals surface area (Å²) in [6, 6.07) is 6.51. The van der Waals surface area contributed by atoms with Crippen LogP contribution in [-0.2, 0) is 13.1 Å². The topological polar surface area (TPSA) is 68.2 Å². The standard InChI is InChI=1S/C12H16N4O/c1-9-4-3-5-10(14-9)7-16(2)12-15-11(6-13)8-17-12/h3-5,8H,6-7,13H2,1-2H3. The van der Waals surface area contributed by atoms with E-state index in [-0.39, 0.29) is 0 Å². The van der Waals surface area contributed by atoms with Crippen molar-refractivity contribution in [2.75, 3.05) is 11.9 Å². The molecule has 2 rings (SSSR count). The van der Waals surface area contributed by atoms with E-state index in [1.807, 2.05) is 37.1 Å². The van der Waals surface area contributed by atoms with Crippen LogP contribution in [0.2, 0.25) is 0 Å². The van der Waals surface area contributed by atoms with Gasteiger partial charge in [0.2, 0.25) is 0 Å². The van der Waals surface area contributed by atoms with Gasteiger partial charge in [-0.2, -0.15) is 4.98 Å². The minimum absolute atomic E-state index is 0.389. The van der Waals surface area contributed by atoms with Crippen LogP contribution in [-0.4, -0.2) is 17.0 Å². The molecule has 2 heterocycles. The largest absolute Gasteiger partial charge is 0.432 e. The summed E-state index contributed by atoms with van der Waals surface area (Å²) in [4.78, 5) is 10.6. The quantitative estimate of drug-likeness (QED) is 0.864. The molecule has 5 nitrogen and oxygen atoms in total. The van der Waals surface area contributed by atoms with Gasteiger partial charge in [0, 0.05) is 19.3 Å². The zero-order chi connectivity index (χ0) is 12.3. The van der Waals surface area contributed by atoms with Gasteiger partial charge in [-0.1, -0.05) is 6.07 Å². The number of nitrogens with two attached hydrogens (primary N) is 1. The number of aryl methyl sites for hydroxylation is 1. The summed E-state index contributed by atoms with van der Waals surface area (Å²) < 4.78 is 5.33. The molecule has 0 amide bonds. The Hall–Kier alpha value is -1.88. The summed E-state index contributed by atoms with van der Waals surface area (Å²) in [5, 5.41) is 0. The molecule has 0 atom stereocenters. The number of oxazole rings is 1. The first-order valence-electron chi connectivity index (χ1n) is 5.47. The van der Waals surface area contributed by atoms with Crippen LogP contribution in [0.1, 0.15) is 17.1 Å². The van der Waals surface area contributed by atoms with Crippen molar-refractivity contribution in [2.45, 2.75) is 20.0 Å². The number of rotatable bonds is 4. The van der Waals surface area contributed by atoms with Crippen LogP contribution in [0.3, 0.4) is 0 Å². The molecule has 0 aromatic carbocycles. The molecule has 0 saturated heterocycles. The average Bonchev–Trinajstić information content (AvgIpc) is 2.77. The van der Waals surface area contributed by atoms with E-state index in [0.29, 0.717) is 19.1 Å². The molecule has 2 aromatic rings. The summed E-state index contributed by atoms with van der Waals surface area (Å²) in [6.07, 6.45) is 1.58. The fourth-order valence-electron chi connectivity index (χ4n) is 1.56. The molecule has 0 bridgehead atoms. The van der Waals surface area contributed by atoms with Crippen molar-refractivity contribution in [1.29, 1.82) is 0 Å². The normalized spacial score (nSPS) is 10.5. The highest BCUT2D eigenvalue weighted by molar-refractivity contribution is 5.27. The van der Waals surface area contributed by atoms with E-state index in [1.165, 1.54) is 0 Å². The Bertz CT molecular complexity index is 495. The monoisotopic (exact) mass is 232 g/mol. The molecular formula is C12H16N4O. The van der Waals surface area contributed by atoms with Gasteiger partial charge in [-0.15, -0.1) is 0 Å². The Morgan fingerprint density at radius 1 is 1.29 bits per heavy atom. The lowest BCUT2D eigenvalue weighted by atomic mass is 10.3. The molecule has 5 heteroatoms. The van der Waals surface area contributed by atoms with Crippen LogP contribution >= 0.6 is 0 Å². The second-order valence-electron chi connectivity index (χ2n) is 3.95. The van der Waals surface area contributed by atoms with Gasteiger partial charge in [0.1, 0.15) is 6.26 Å². The number of pyridine rings is 1. The first-order chi connectivity index (χ1) is 8.19. The Balaban J connectivity index is 2.08. The minimum Gasteiger partial charge on any atom is -0.432 e. The summed E-state index contributed by atoms with van der Waals surface area (Å²) in [6.45, 7) is 3.02. The number of hydrogen-bond acceptors (Lipinski definition) is 5. The molecule has 17 heavy (non-hydrogen) atoms. The zero-order valence-corrected chi connectivity index (χ0v) is 10.1. The summed E-state index contributed by atoms with van der Waals surface area (Å²) in [5.41, 5.74) is 8.23. The van der Waals surface area contributed by atoms with Crippen LogP contribution in [0.5, 0.6) is 0 Å². The highest BCUT2D eigenvalue weighted by Gasteiger charge is 2.09. The van der Waals surface area contributed by atoms with Crippen LogP contribution in [0.15, 0.2) is 28.9 Å². The van der Waals surface area contributed by atoms with E-state index in [9.17, 15) is 0 Å². The van der Waals surface area contributed by atoms with Crippen LogP contribution in [0, 0.1) is 6.92 Å². The summed E-state index contributed by atoms with van der Waals surface area (Å²) >= 11 is 0. The van der Waals surface area contributed by atoms with E-state index in [1.54, 1.807) is 6.26 Å². The van der Waals surface area contributed by atoms with Gasteiger partial charge in [0.15, 0.2) is 0 Å². The number of nitrogens with zero attached hydrogens (tertiary/aromatic N) is 3. The Labute approximate surface area is 100 Å². The van der Waals surface area contributed by atoms with E-state index in [0.717, 1.165) is 17.1 Å². The smallest absolute Gasteiger partial charge is 0.297 e. The lowest BCUT2D eigenvalue weighted by molar-refractivity contribution is 0.542. The van der Waals surface area contributed by atoms with Crippen molar-refractivity contribution in [3.8, 4) is 0 Å². The van der Waals surface area contributed by atoms with Gasteiger partial charge in [-0.25, -0.2) is 0 Å². The first-order valence-corrected chi connectivity index (χ1v) is 5.47. The van der Waals surface area contributed by atoms with Gasteiger partial charge in [-0.3, -0.25) is 4.98 Å². The molecule has 0 spiro atoms. The molecule has 2 aromatic heterocycles. The fourth-order valence-corrected chi connectivity index (χ4v) is 1.56. The highest BCUT2D eigenvalue weighted by Crippen LogP contribution is 2.14. The van der Waals surface area contributed by atoms with E-state index in [2.05, 4.69) is 9.97 Å². The minimum atomic E-state index is 0.389. The van der Waals surface area contributed by atoms with E-state index < -0.39 is 0 Å². The Kier molecular flexibility index (Phi) is 3.39. The Morgan fingerprint density at radius 3 is 2.76 bits per heavy atom. The van der Waals surface area contributed by atoms with E-state index >= 15 is 0 Å².